The molecule has 0 amide bonds. The third-order valence-corrected chi connectivity index (χ3v) is 1.10. The number of carbonyl (C=O) groups is 1. The normalized spacial score (nSPS) is 8.31. The topological polar surface area (TPSA) is 39.2 Å². The van der Waals surface area contributed by atoms with Crippen LogP contribution in [0, 0.1) is 6.07 Å². The summed E-state index contributed by atoms with van der Waals surface area (Å²) in [7, 11) is 4.76. The summed E-state index contributed by atoms with van der Waals surface area (Å²) < 4.78 is 4.72. The van der Waals surface area contributed by atoms with E-state index in [9.17, 15) is 4.79 Å². The summed E-state index contributed by atoms with van der Waals surface area (Å²) in [6.45, 7) is 2.13. The number of pyridine rings is 1. The zero-order chi connectivity index (χ0) is 10.1. The third kappa shape index (κ3) is 4.96. The molecule has 0 spiro atoms. The molecule has 0 aliphatic carbocycles. The molecule has 0 fully saturated rings. The van der Waals surface area contributed by atoms with Gasteiger partial charge in [0.15, 0.2) is 0 Å². The van der Waals surface area contributed by atoms with Crippen LogP contribution in [0.25, 0.3) is 0 Å². The molecule has 0 bridgehead atoms. The molecule has 13 heavy (non-hydrogen) atoms. The van der Waals surface area contributed by atoms with Crippen LogP contribution in [0.1, 0.15) is 17.3 Å². The van der Waals surface area contributed by atoms with E-state index in [0.29, 0.717) is 12.2 Å². The first-order valence-electron chi connectivity index (χ1n) is 3.60. The molecule has 3 nitrogen and oxygen atoms in total. The summed E-state index contributed by atoms with van der Waals surface area (Å²) in [6, 6.07) is 4.29. The van der Waals surface area contributed by atoms with Gasteiger partial charge in [0.25, 0.3) is 5.97 Å². The minimum atomic E-state index is -0.374. The van der Waals surface area contributed by atoms with E-state index >= 15 is 0 Å². The fourth-order valence-electron chi connectivity index (χ4n) is 0.645. The second kappa shape index (κ2) is 8.15. The Morgan fingerprint density at radius 3 is 2.92 bits per heavy atom. The van der Waals surface area contributed by atoms with Crippen LogP contribution in [-0.2, 0) is 22.0 Å². The van der Waals surface area contributed by atoms with Gasteiger partial charge >= 0.3 is 27.0 Å². The maximum atomic E-state index is 11.0. The van der Waals surface area contributed by atoms with Crippen LogP contribution in [0.4, 0.5) is 0 Å². The predicted molar refractivity (Wildman–Crippen MR) is 44.9 cm³/mol. The van der Waals surface area contributed by atoms with E-state index in [4.69, 9.17) is 14.4 Å². The van der Waals surface area contributed by atoms with Crippen molar-refractivity contribution in [1.82, 2.24) is 4.98 Å². The number of hydrogen-bond donors (Lipinski definition) is 0. The van der Waals surface area contributed by atoms with E-state index in [0.717, 1.165) is 17.3 Å². The van der Waals surface area contributed by atoms with E-state index in [2.05, 4.69) is 11.1 Å². The standard InChI is InChI=1S/C8H8NO2.ClH.Zn/c1-2-11-8(10)7-4-3-5-9-6-7;;/h3,5-6H,2H2,1H3;1H;/q-1;;+2/p-1. The quantitative estimate of drug-likeness (QED) is 0.456. The summed E-state index contributed by atoms with van der Waals surface area (Å²) in [6.07, 6.45) is 2.99. The molecule has 0 atom stereocenters. The number of rotatable bonds is 2. The van der Waals surface area contributed by atoms with Crippen molar-refractivity contribution >= 4 is 15.7 Å². The van der Waals surface area contributed by atoms with Gasteiger partial charge in [-0.15, -0.1) is 12.1 Å². The van der Waals surface area contributed by atoms with Gasteiger partial charge in [-0.25, -0.2) is 0 Å². The Balaban J connectivity index is 0.000000671. The van der Waals surface area contributed by atoms with Crippen LogP contribution >= 0.6 is 9.69 Å². The van der Waals surface area contributed by atoms with E-state index < -0.39 is 0 Å². The molecule has 0 N–H and O–H groups in total. The molecule has 0 aliphatic rings. The van der Waals surface area contributed by atoms with Gasteiger partial charge in [-0.05, 0) is 12.5 Å². The van der Waals surface area contributed by atoms with Crippen molar-refractivity contribution in [3.05, 3.63) is 30.1 Å². The average molecular weight is 251 g/mol. The predicted octanol–water partition coefficient (Wildman–Crippen LogP) is 1.75. The van der Waals surface area contributed by atoms with Gasteiger partial charge in [-0.1, -0.05) is 12.4 Å². The molecular formula is C8H8ClNO2Zn. The molecule has 66 valence electrons. The number of esters is 1. The number of ether oxygens (including phenoxy) is 1. The van der Waals surface area contributed by atoms with Crippen molar-refractivity contribution in [2.75, 3.05) is 6.61 Å². The molecular weight excluding hydrogens is 243 g/mol. The molecule has 0 aliphatic heterocycles. The van der Waals surface area contributed by atoms with Gasteiger partial charge in [-0.3, -0.25) is 0 Å². The zero-order valence-corrected chi connectivity index (χ0v) is 11.0. The van der Waals surface area contributed by atoms with Crippen LogP contribution in [0.15, 0.2) is 18.5 Å². The molecule has 0 saturated carbocycles. The Hall–Kier alpha value is -0.467. The van der Waals surface area contributed by atoms with Gasteiger partial charge in [-0.2, -0.15) is 0 Å². The molecule has 0 radical (unpaired) electrons. The summed E-state index contributed by atoms with van der Waals surface area (Å²) in [5, 5.41) is 0. The van der Waals surface area contributed by atoms with Crippen molar-refractivity contribution < 1.29 is 26.8 Å². The number of halogens is 1. The minimum absolute atomic E-state index is 0.370. The molecule has 5 heteroatoms. The Labute approximate surface area is 91.2 Å². The third-order valence-electron chi connectivity index (χ3n) is 1.10. The molecule has 1 rings (SSSR count). The monoisotopic (exact) mass is 249 g/mol. The van der Waals surface area contributed by atoms with Crippen molar-refractivity contribution in [2.45, 2.75) is 6.92 Å². The summed E-state index contributed by atoms with van der Waals surface area (Å²) in [5.74, 6) is -0.374. The van der Waals surface area contributed by atoms with Gasteiger partial charge < -0.3 is 14.5 Å². The summed E-state index contributed by atoms with van der Waals surface area (Å²) >= 11 is 0.847. The van der Waals surface area contributed by atoms with E-state index in [-0.39, 0.29) is 5.97 Å². The van der Waals surface area contributed by atoms with Gasteiger partial charge in [0.05, 0.1) is 6.61 Å². The number of nitrogens with zero attached hydrogens (tertiary/aromatic N) is 1. The SMILES string of the molecule is CCOC(=O)c1[c-]ccnc1.[Cl][Zn+]. The molecule has 0 aromatic carbocycles. The van der Waals surface area contributed by atoms with E-state index in [1.807, 2.05) is 0 Å². The maximum absolute atomic E-state index is 11.0. The van der Waals surface area contributed by atoms with Crippen molar-refractivity contribution in [2.24, 2.45) is 0 Å². The fourth-order valence-corrected chi connectivity index (χ4v) is 0.645. The average Bonchev–Trinajstić information content (AvgIpc) is 2.23. The molecule has 0 saturated heterocycles. The number of aromatic nitrogens is 1. The van der Waals surface area contributed by atoms with Crippen LogP contribution in [0.5, 0.6) is 0 Å². The number of hydrogen-bond acceptors (Lipinski definition) is 3. The number of carbonyl (C=O) groups excluding carboxylic acids is 1. The van der Waals surface area contributed by atoms with Gasteiger partial charge in [0, 0.05) is 0 Å². The Bertz CT molecular complexity index is 243. The summed E-state index contributed by atoms with van der Waals surface area (Å²) in [4.78, 5) is 14.7. The van der Waals surface area contributed by atoms with Crippen LogP contribution in [0.3, 0.4) is 0 Å². The van der Waals surface area contributed by atoms with Crippen molar-refractivity contribution in [1.29, 1.82) is 0 Å². The molecule has 0 unspecified atom stereocenters. The van der Waals surface area contributed by atoms with Crippen molar-refractivity contribution in [3.63, 3.8) is 0 Å². The molecule has 1 aromatic heterocycles. The Morgan fingerprint density at radius 1 is 1.77 bits per heavy atom. The zero-order valence-electron chi connectivity index (χ0n) is 7.29. The van der Waals surface area contributed by atoms with Gasteiger partial charge in [0.2, 0.25) is 0 Å². The van der Waals surface area contributed by atoms with E-state index in [1.165, 1.54) is 6.20 Å². The van der Waals surface area contributed by atoms with Crippen LogP contribution in [0.2, 0.25) is 0 Å². The Morgan fingerprint density at radius 2 is 2.46 bits per heavy atom. The first-order chi connectivity index (χ1) is 6.34. The second-order valence-corrected chi connectivity index (χ2v) is 1.87. The van der Waals surface area contributed by atoms with E-state index in [1.54, 1.807) is 19.2 Å². The van der Waals surface area contributed by atoms with Crippen LogP contribution < -0.4 is 0 Å². The Kier molecular flexibility index (Phi) is 7.85. The first kappa shape index (κ1) is 12.5. The van der Waals surface area contributed by atoms with Gasteiger partial charge in [0.1, 0.15) is 0 Å². The molecule has 1 heterocycles. The fraction of sp³-hybridized carbons (Fsp3) is 0.250. The second-order valence-electron chi connectivity index (χ2n) is 1.87. The molecule has 1 aromatic rings. The van der Waals surface area contributed by atoms with Crippen molar-refractivity contribution in [3.8, 4) is 0 Å². The first-order valence-corrected chi connectivity index (χ1v) is 7.50. The summed E-state index contributed by atoms with van der Waals surface area (Å²) in [5.41, 5.74) is 0.370. The van der Waals surface area contributed by atoms with Crippen LogP contribution in [-0.4, -0.2) is 17.6 Å².